The number of carbonyl (C=O) groups is 3. The number of amides is 2. The minimum Gasteiger partial charge on any atom is -0.457 e. The van der Waals surface area contributed by atoms with Gasteiger partial charge in [0.05, 0.1) is 0 Å². The first-order valence-electron chi connectivity index (χ1n) is 13.8. The lowest BCUT2D eigenvalue weighted by Gasteiger charge is -2.38. The summed E-state index contributed by atoms with van der Waals surface area (Å²) in [6, 6.07) is 14.9. The van der Waals surface area contributed by atoms with Crippen molar-refractivity contribution in [3.8, 4) is 11.5 Å². The molecule has 1 aliphatic heterocycles. The van der Waals surface area contributed by atoms with E-state index in [1.807, 2.05) is 48.5 Å². The third kappa shape index (κ3) is 7.60. The number of carbonyl (C=O) groups excluding carboxylic acids is 3. The Kier molecular flexibility index (Phi) is 10.1. The fourth-order valence-corrected chi connectivity index (χ4v) is 4.75. The fourth-order valence-electron chi connectivity index (χ4n) is 4.75. The van der Waals surface area contributed by atoms with Gasteiger partial charge < -0.3 is 14.8 Å². The largest absolute Gasteiger partial charge is 0.457 e. The molecule has 1 heterocycles. The van der Waals surface area contributed by atoms with E-state index >= 15 is 0 Å². The normalized spacial score (nSPS) is 16.0. The SMILES string of the molecule is CCC(C)N(CCNC(=O)C1c2ccc(Oc3ccccc3)cc2CCN1C(=O)OC(C)(C)C(C)=O)C(C)C. The molecular weight excluding hydrogens is 494 g/mol. The van der Waals surface area contributed by atoms with Gasteiger partial charge in [-0.25, -0.2) is 4.79 Å². The molecule has 8 heteroatoms. The van der Waals surface area contributed by atoms with Gasteiger partial charge in [-0.05, 0) is 89.8 Å². The minimum atomic E-state index is -1.29. The van der Waals surface area contributed by atoms with Gasteiger partial charge in [0.2, 0.25) is 5.91 Å². The van der Waals surface area contributed by atoms with Gasteiger partial charge >= 0.3 is 6.09 Å². The Hall–Kier alpha value is -3.39. The van der Waals surface area contributed by atoms with Crippen molar-refractivity contribution in [1.82, 2.24) is 15.1 Å². The number of nitrogens with zero attached hydrogens (tertiary/aromatic N) is 2. The molecule has 8 nitrogen and oxygen atoms in total. The van der Waals surface area contributed by atoms with E-state index in [1.54, 1.807) is 13.8 Å². The first-order valence-corrected chi connectivity index (χ1v) is 13.8. The van der Waals surface area contributed by atoms with Crippen molar-refractivity contribution in [3.63, 3.8) is 0 Å². The molecule has 3 rings (SSSR count). The predicted molar refractivity (Wildman–Crippen MR) is 152 cm³/mol. The van der Waals surface area contributed by atoms with Crippen molar-refractivity contribution in [2.45, 2.75) is 85.0 Å². The van der Waals surface area contributed by atoms with Gasteiger partial charge in [0.1, 0.15) is 17.5 Å². The maximum absolute atomic E-state index is 13.7. The Labute approximate surface area is 232 Å². The molecule has 1 aliphatic rings. The lowest BCUT2D eigenvalue weighted by Crippen LogP contribution is -2.51. The molecule has 0 bridgehead atoms. The van der Waals surface area contributed by atoms with Crippen molar-refractivity contribution in [1.29, 1.82) is 0 Å². The summed E-state index contributed by atoms with van der Waals surface area (Å²) in [4.78, 5) is 42.8. The zero-order valence-corrected chi connectivity index (χ0v) is 24.3. The molecule has 0 aliphatic carbocycles. The molecule has 0 spiro atoms. The van der Waals surface area contributed by atoms with E-state index in [-0.39, 0.29) is 18.2 Å². The maximum atomic E-state index is 13.7. The van der Waals surface area contributed by atoms with Crippen LogP contribution >= 0.6 is 0 Å². The number of ether oxygens (including phenoxy) is 2. The van der Waals surface area contributed by atoms with Crippen molar-refractivity contribution in [2.75, 3.05) is 19.6 Å². The summed E-state index contributed by atoms with van der Waals surface area (Å²) >= 11 is 0. The summed E-state index contributed by atoms with van der Waals surface area (Å²) in [6.45, 7) is 14.6. The Morgan fingerprint density at radius 2 is 1.77 bits per heavy atom. The third-order valence-corrected chi connectivity index (χ3v) is 7.48. The number of Topliss-reactive ketones (excluding diaryl/α,β-unsaturated/α-hetero) is 1. The number of hydrogen-bond acceptors (Lipinski definition) is 6. The standard InChI is InChI=1S/C31H43N3O5/c1-8-22(4)33(21(2)3)19-17-32-29(36)28-27-15-14-26(38-25-12-10-9-11-13-25)20-24(27)16-18-34(28)30(37)39-31(6,7)23(5)35/h9-15,20-22,28H,8,16-19H2,1-7H3,(H,32,36). The second kappa shape index (κ2) is 13.1. The van der Waals surface area contributed by atoms with Gasteiger partial charge in [0.15, 0.2) is 11.4 Å². The quantitative estimate of drug-likeness (QED) is 0.407. The fraction of sp³-hybridized carbons (Fsp3) is 0.516. The highest BCUT2D eigenvalue weighted by Gasteiger charge is 2.40. The van der Waals surface area contributed by atoms with Crippen LogP contribution in [-0.4, -0.2) is 64.9 Å². The average Bonchev–Trinajstić information content (AvgIpc) is 2.89. The molecule has 2 aromatic carbocycles. The van der Waals surface area contributed by atoms with E-state index < -0.39 is 17.7 Å². The molecule has 0 fully saturated rings. The van der Waals surface area contributed by atoms with Crippen LogP contribution in [0.2, 0.25) is 0 Å². The molecule has 2 amide bonds. The lowest BCUT2D eigenvalue weighted by atomic mass is 9.92. The summed E-state index contributed by atoms with van der Waals surface area (Å²) < 4.78 is 11.6. The van der Waals surface area contributed by atoms with E-state index in [1.165, 1.54) is 11.8 Å². The van der Waals surface area contributed by atoms with E-state index in [4.69, 9.17) is 9.47 Å². The third-order valence-electron chi connectivity index (χ3n) is 7.48. The van der Waals surface area contributed by atoms with Gasteiger partial charge in [-0.15, -0.1) is 0 Å². The number of benzene rings is 2. The lowest BCUT2D eigenvalue weighted by molar-refractivity contribution is -0.134. The van der Waals surface area contributed by atoms with Gasteiger partial charge in [-0.1, -0.05) is 31.2 Å². The molecule has 0 radical (unpaired) electrons. The Morgan fingerprint density at radius 3 is 2.38 bits per heavy atom. The van der Waals surface area contributed by atoms with Crippen molar-refractivity contribution in [3.05, 3.63) is 59.7 Å². The number of nitrogens with one attached hydrogen (secondary N) is 1. The van der Waals surface area contributed by atoms with Crippen LogP contribution in [0.4, 0.5) is 4.79 Å². The summed E-state index contributed by atoms with van der Waals surface area (Å²) in [5, 5.41) is 3.05. The molecule has 2 unspecified atom stereocenters. The van der Waals surface area contributed by atoms with E-state index in [2.05, 4.69) is 37.9 Å². The summed E-state index contributed by atoms with van der Waals surface area (Å²) in [6.07, 6.45) is 0.853. The zero-order chi connectivity index (χ0) is 28.7. The van der Waals surface area contributed by atoms with E-state index in [0.717, 1.165) is 23.3 Å². The highest BCUT2D eigenvalue weighted by Crippen LogP contribution is 2.35. The molecule has 212 valence electrons. The van der Waals surface area contributed by atoms with Crippen LogP contribution in [0.25, 0.3) is 0 Å². The number of ketones is 1. The van der Waals surface area contributed by atoms with Crippen LogP contribution in [-0.2, 0) is 20.7 Å². The highest BCUT2D eigenvalue weighted by atomic mass is 16.6. The molecule has 39 heavy (non-hydrogen) atoms. The molecule has 0 aromatic heterocycles. The average molecular weight is 538 g/mol. The first-order chi connectivity index (χ1) is 18.4. The van der Waals surface area contributed by atoms with Crippen molar-refractivity contribution in [2.24, 2.45) is 0 Å². The monoisotopic (exact) mass is 537 g/mol. The molecule has 0 saturated heterocycles. The van der Waals surface area contributed by atoms with Gasteiger partial charge in [0, 0.05) is 31.7 Å². The predicted octanol–water partition coefficient (Wildman–Crippen LogP) is 5.51. The Bertz CT molecular complexity index is 1150. The first kappa shape index (κ1) is 30.2. The Balaban J connectivity index is 1.85. The summed E-state index contributed by atoms with van der Waals surface area (Å²) in [7, 11) is 0. The van der Waals surface area contributed by atoms with Crippen LogP contribution in [0.15, 0.2) is 48.5 Å². The number of hydrogen-bond donors (Lipinski definition) is 1. The number of rotatable bonds is 11. The molecule has 0 saturated carbocycles. The van der Waals surface area contributed by atoms with Gasteiger partial charge in [-0.2, -0.15) is 0 Å². The second-order valence-electron chi connectivity index (χ2n) is 10.9. The van der Waals surface area contributed by atoms with Crippen molar-refractivity contribution >= 4 is 17.8 Å². The Morgan fingerprint density at radius 1 is 1.08 bits per heavy atom. The minimum absolute atomic E-state index is 0.268. The smallest absolute Gasteiger partial charge is 0.411 e. The second-order valence-corrected chi connectivity index (χ2v) is 10.9. The van der Waals surface area contributed by atoms with Gasteiger partial charge in [-0.3, -0.25) is 19.4 Å². The van der Waals surface area contributed by atoms with E-state index in [0.29, 0.717) is 37.3 Å². The molecule has 1 N–H and O–H groups in total. The van der Waals surface area contributed by atoms with Crippen LogP contribution in [0.3, 0.4) is 0 Å². The molecule has 2 aromatic rings. The van der Waals surface area contributed by atoms with Crippen LogP contribution in [0.1, 0.15) is 72.1 Å². The summed E-state index contributed by atoms with van der Waals surface area (Å²) in [5.74, 6) is 0.832. The van der Waals surface area contributed by atoms with Gasteiger partial charge in [0.25, 0.3) is 0 Å². The molecular formula is C31H43N3O5. The van der Waals surface area contributed by atoms with Crippen LogP contribution in [0.5, 0.6) is 11.5 Å². The topological polar surface area (TPSA) is 88.2 Å². The number of fused-ring (bicyclic) bond motifs is 1. The van der Waals surface area contributed by atoms with E-state index in [9.17, 15) is 14.4 Å². The van der Waals surface area contributed by atoms with Crippen LogP contribution in [0, 0.1) is 0 Å². The number of para-hydroxylation sites is 1. The van der Waals surface area contributed by atoms with Crippen molar-refractivity contribution < 1.29 is 23.9 Å². The highest BCUT2D eigenvalue weighted by molar-refractivity contribution is 5.90. The molecule has 2 atom stereocenters. The maximum Gasteiger partial charge on any atom is 0.411 e. The van der Waals surface area contributed by atoms with Crippen LogP contribution < -0.4 is 10.1 Å². The summed E-state index contributed by atoms with van der Waals surface area (Å²) in [5.41, 5.74) is 0.362. The zero-order valence-electron chi connectivity index (χ0n) is 24.3.